The standard InChI is InChI=1S/C22H35BNO4/c1-20(2,3)27-19(25)24-13-11-16(12-14-24)17-9-8-10-18(15-17)23-28-22(6,7)21(4,5)26/h8-10,15-16,26H,11-14H2,1-7H3. The van der Waals surface area contributed by atoms with E-state index in [9.17, 15) is 9.90 Å². The highest BCUT2D eigenvalue weighted by Crippen LogP contribution is 2.28. The lowest BCUT2D eigenvalue weighted by Crippen LogP contribution is -2.49. The lowest BCUT2D eigenvalue weighted by molar-refractivity contribution is -0.0893. The van der Waals surface area contributed by atoms with E-state index >= 15 is 0 Å². The van der Waals surface area contributed by atoms with Crippen molar-refractivity contribution < 1.29 is 19.3 Å². The Morgan fingerprint density at radius 1 is 1.11 bits per heavy atom. The molecule has 1 aliphatic heterocycles. The molecule has 2 rings (SSSR count). The molecule has 6 heteroatoms. The van der Waals surface area contributed by atoms with Crippen LogP contribution < -0.4 is 5.46 Å². The number of hydrogen-bond acceptors (Lipinski definition) is 4. The quantitative estimate of drug-likeness (QED) is 0.783. The summed E-state index contributed by atoms with van der Waals surface area (Å²) in [6, 6.07) is 8.29. The Balaban J connectivity index is 1.94. The smallest absolute Gasteiger partial charge is 0.410 e. The molecule has 0 atom stereocenters. The van der Waals surface area contributed by atoms with Gasteiger partial charge in [0.05, 0.1) is 11.2 Å². The fourth-order valence-electron chi connectivity index (χ4n) is 2.97. The lowest BCUT2D eigenvalue weighted by Gasteiger charge is -2.37. The molecule has 155 valence electrons. The van der Waals surface area contributed by atoms with E-state index in [1.807, 2.05) is 46.8 Å². The second kappa shape index (κ2) is 8.46. The minimum absolute atomic E-state index is 0.227. The third-order valence-corrected chi connectivity index (χ3v) is 5.49. The zero-order chi connectivity index (χ0) is 21.2. The summed E-state index contributed by atoms with van der Waals surface area (Å²) >= 11 is 0. The zero-order valence-corrected chi connectivity index (χ0v) is 18.4. The molecule has 1 aromatic rings. The fraction of sp³-hybridized carbons (Fsp3) is 0.682. The van der Waals surface area contributed by atoms with Gasteiger partial charge in [0.15, 0.2) is 0 Å². The van der Waals surface area contributed by atoms with Crippen LogP contribution >= 0.6 is 0 Å². The first kappa shape index (κ1) is 22.8. The molecule has 28 heavy (non-hydrogen) atoms. The molecular weight excluding hydrogens is 353 g/mol. The second-order valence-electron chi connectivity index (χ2n) is 9.72. The lowest BCUT2D eigenvalue weighted by atomic mass is 9.80. The molecule has 5 nitrogen and oxygen atoms in total. The van der Waals surface area contributed by atoms with Crippen LogP contribution in [-0.4, -0.2) is 53.5 Å². The number of benzene rings is 1. The first-order valence-electron chi connectivity index (χ1n) is 10.1. The van der Waals surface area contributed by atoms with Gasteiger partial charge in [-0.25, -0.2) is 4.79 Å². The topological polar surface area (TPSA) is 59.0 Å². The number of carbonyl (C=O) groups excluding carboxylic acids is 1. The molecule has 1 saturated heterocycles. The third-order valence-electron chi connectivity index (χ3n) is 5.49. The molecule has 0 aromatic heterocycles. The summed E-state index contributed by atoms with van der Waals surface area (Å²) in [5.41, 5.74) is 0.124. The van der Waals surface area contributed by atoms with Crippen molar-refractivity contribution in [2.24, 2.45) is 0 Å². The zero-order valence-electron chi connectivity index (χ0n) is 18.4. The number of amides is 1. The van der Waals surface area contributed by atoms with Gasteiger partial charge in [-0.1, -0.05) is 29.7 Å². The maximum atomic E-state index is 12.2. The molecule has 1 heterocycles. The highest BCUT2D eigenvalue weighted by Gasteiger charge is 2.35. The summed E-state index contributed by atoms with van der Waals surface area (Å²) in [6.45, 7) is 14.3. The van der Waals surface area contributed by atoms with Crippen LogP contribution in [0.15, 0.2) is 24.3 Å². The maximum absolute atomic E-state index is 12.2. The molecule has 0 spiro atoms. The largest absolute Gasteiger partial charge is 0.444 e. The molecule has 1 N–H and O–H groups in total. The number of carbonyl (C=O) groups is 1. The van der Waals surface area contributed by atoms with Crippen LogP contribution in [0.4, 0.5) is 4.79 Å². The monoisotopic (exact) mass is 388 g/mol. The van der Waals surface area contributed by atoms with Crippen LogP contribution in [0.1, 0.15) is 72.8 Å². The van der Waals surface area contributed by atoms with Gasteiger partial charge < -0.3 is 19.4 Å². The Morgan fingerprint density at radius 3 is 2.25 bits per heavy atom. The van der Waals surface area contributed by atoms with E-state index < -0.39 is 16.8 Å². The highest BCUT2D eigenvalue weighted by molar-refractivity contribution is 6.47. The summed E-state index contributed by atoms with van der Waals surface area (Å²) in [6.07, 6.45) is 1.60. The van der Waals surface area contributed by atoms with Crippen molar-refractivity contribution in [3.05, 3.63) is 29.8 Å². The van der Waals surface area contributed by atoms with Gasteiger partial charge in [-0.05, 0) is 72.8 Å². The predicted molar refractivity (Wildman–Crippen MR) is 113 cm³/mol. The molecule has 0 bridgehead atoms. The molecule has 1 aliphatic rings. The molecule has 1 radical (unpaired) electrons. The van der Waals surface area contributed by atoms with Crippen molar-refractivity contribution in [2.45, 2.75) is 84.0 Å². The Kier molecular flexibility index (Phi) is 6.88. The van der Waals surface area contributed by atoms with Gasteiger partial charge >= 0.3 is 13.6 Å². The van der Waals surface area contributed by atoms with Crippen molar-refractivity contribution in [3.8, 4) is 0 Å². The SMILES string of the molecule is CC(C)(C)OC(=O)N1CCC(c2cccc([B]OC(C)(C)C(C)(C)O)c2)CC1. The first-order valence-corrected chi connectivity index (χ1v) is 10.1. The molecule has 0 saturated carbocycles. The molecule has 1 aromatic carbocycles. The van der Waals surface area contributed by atoms with Gasteiger partial charge in [0.2, 0.25) is 0 Å². The van der Waals surface area contributed by atoms with Crippen LogP contribution in [0.3, 0.4) is 0 Å². The third kappa shape index (κ3) is 6.24. The number of nitrogens with zero attached hydrogens (tertiary/aromatic N) is 1. The Labute approximate surface area is 170 Å². The Morgan fingerprint density at radius 2 is 1.71 bits per heavy atom. The van der Waals surface area contributed by atoms with Crippen LogP contribution in [-0.2, 0) is 9.39 Å². The van der Waals surface area contributed by atoms with E-state index in [1.54, 1.807) is 26.2 Å². The highest BCUT2D eigenvalue weighted by atomic mass is 16.6. The second-order valence-corrected chi connectivity index (χ2v) is 9.72. The van der Waals surface area contributed by atoms with E-state index in [0.29, 0.717) is 19.0 Å². The summed E-state index contributed by atoms with van der Waals surface area (Å²) in [7, 11) is 1.72. The van der Waals surface area contributed by atoms with E-state index in [1.165, 1.54) is 5.56 Å². The van der Waals surface area contributed by atoms with Crippen LogP contribution in [0.25, 0.3) is 0 Å². The molecule has 1 amide bonds. The van der Waals surface area contributed by atoms with E-state index in [-0.39, 0.29) is 6.09 Å². The van der Waals surface area contributed by atoms with Crippen molar-refractivity contribution >= 4 is 19.0 Å². The van der Waals surface area contributed by atoms with E-state index in [0.717, 1.165) is 18.3 Å². The summed E-state index contributed by atoms with van der Waals surface area (Å²) < 4.78 is 11.3. The number of likely N-dealkylation sites (tertiary alicyclic amines) is 1. The van der Waals surface area contributed by atoms with E-state index in [2.05, 4.69) is 12.1 Å². The average molecular weight is 388 g/mol. The van der Waals surface area contributed by atoms with Gasteiger partial charge in [0.25, 0.3) is 0 Å². The van der Waals surface area contributed by atoms with E-state index in [4.69, 9.17) is 9.39 Å². The first-order chi connectivity index (χ1) is 12.8. The van der Waals surface area contributed by atoms with Gasteiger partial charge in [0, 0.05) is 13.1 Å². The summed E-state index contributed by atoms with van der Waals surface area (Å²) in [5.74, 6) is 0.411. The number of hydrogen-bond donors (Lipinski definition) is 1. The van der Waals surface area contributed by atoms with Gasteiger partial charge in [-0.2, -0.15) is 0 Å². The molecule has 0 unspecified atom stereocenters. The minimum Gasteiger partial charge on any atom is -0.444 e. The van der Waals surface area contributed by atoms with Gasteiger partial charge in [-0.3, -0.25) is 0 Å². The molecule has 0 aliphatic carbocycles. The van der Waals surface area contributed by atoms with Crippen LogP contribution in [0.5, 0.6) is 0 Å². The summed E-state index contributed by atoms with van der Waals surface area (Å²) in [4.78, 5) is 14.0. The summed E-state index contributed by atoms with van der Waals surface area (Å²) in [5, 5.41) is 10.2. The normalized spacial score (nSPS) is 16.8. The van der Waals surface area contributed by atoms with Crippen molar-refractivity contribution in [1.82, 2.24) is 4.90 Å². The van der Waals surface area contributed by atoms with Crippen molar-refractivity contribution in [1.29, 1.82) is 0 Å². The number of piperidine rings is 1. The van der Waals surface area contributed by atoms with Crippen LogP contribution in [0.2, 0.25) is 0 Å². The Bertz CT molecular complexity index is 668. The minimum atomic E-state index is -0.949. The fourth-order valence-corrected chi connectivity index (χ4v) is 2.97. The van der Waals surface area contributed by atoms with Crippen molar-refractivity contribution in [3.63, 3.8) is 0 Å². The number of ether oxygens (including phenoxy) is 1. The number of aliphatic hydroxyl groups is 1. The molecular formula is C22H35BNO4. The van der Waals surface area contributed by atoms with Gasteiger partial charge in [-0.15, -0.1) is 0 Å². The van der Waals surface area contributed by atoms with Gasteiger partial charge in [0.1, 0.15) is 5.60 Å². The van der Waals surface area contributed by atoms with Crippen LogP contribution in [0, 0.1) is 0 Å². The molecule has 1 fully saturated rings. The predicted octanol–water partition coefficient (Wildman–Crippen LogP) is 3.61. The maximum Gasteiger partial charge on any atom is 0.410 e. The number of rotatable bonds is 5. The van der Waals surface area contributed by atoms with Crippen molar-refractivity contribution in [2.75, 3.05) is 13.1 Å². The average Bonchev–Trinajstić information content (AvgIpc) is 2.58. The Hall–Kier alpha value is -1.53.